The summed E-state index contributed by atoms with van der Waals surface area (Å²) >= 11 is -1.79. The van der Waals surface area contributed by atoms with E-state index < -0.39 is 43.8 Å². The Hall–Kier alpha value is -0.597. The minimum atomic E-state index is -3.29. The van der Waals surface area contributed by atoms with E-state index in [1.807, 2.05) is 0 Å². The van der Waals surface area contributed by atoms with Crippen molar-refractivity contribution in [1.29, 1.82) is 0 Å². The largest absolute Gasteiger partial charge is 1.00 e. The molecule has 0 aromatic heterocycles. The van der Waals surface area contributed by atoms with E-state index in [9.17, 15) is 16.8 Å². The van der Waals surface area contributed by atoms with Crippen molar-refractivity contribution in [3.63, 3.8) is 0 Å². The number of hydrogen-bond donors (Lipinski definition) is 0. The summed E-state index contributed by atoms with van der Waals surface area (Å²) in [5.74, 6) is 0.831. The minimum absolute atomic E-state index is 0. The molecule has 0 atom stereocenters. The van der Waals surface area contributed by atoms with E-state index in [1.165, 1.54) is 24.3 Å². The molecule has 0 unspecified atom stereocenters. The number of sulfone groups is 2. The molecule has 0 N–H and O–H groups in total. The molecule has 136 valence electrons. The van der Waals surface area contributed by atoms with Crippen LogP contribution in [0.5, 0.6) is 11.5 Å². The number of rotatable bonds is 6. The molecule has 0 spiro atoms. The molecular weight excluding hydrogens is 490 g/mol. The van der Waals surface area contributed by atoms with Crippen LogP contribution >= 0.6 is 0 Å². The molecule has 0 heterocycles. The van der Waals surface area contributed by atoms with Crippen molar-refractivity contribution in [2.24, 2.45) is 0 Å². The van der Waals surface area contributed by atoms with Gasteiger partial charge < -0.3 is 24.8 Å². The molecule has 0 saturated heterocycles. The molecule has 0 saturated carbocycles. The monoisotopic (exact) mass is 502 g/mol. The molecule has 2 rings (SSSR count). The third-order valence-corrected chi connectivity index (χ3v) is 6.58. The van der Waals surface area contributed by atoms with Crippen molar-refractivity contribution >= 4 is 19.7 Å². The molecule has 0 aliphatic heterocycles. The van der Waals surface area contributed by atoms with E-state index >= 15 is 0 Å². The van der Waals surface area contributed by atoms with Gasteiger partial charge in [-0.05, 0) is 0 Å². The van der Waals surface area contributed by atoms with Gasteiger partial charge in [-0.1, -0.05) is 0 Å². The van der Waals surface area contributed by atoms with Gasteiger partial charge in [0.25, 0.3) is 0 Å². The summed E-state index contributed by atoms with van der Waals surface area (Å²) in [4.78, 5) is 0.349. The van der Waals surface area contributed by atoms with Crippen molar-refractivity contribution in [2.75, 3.05) is 12.5 Å². The van der Waals surface area contributed by atoms with Gasteiger partial charge in [-0.25, -0.2) is 0 Å². The maximum atomic E-state index is 11.5. The summed E-state index contributed by atoms with van der Waals surface area (Å²) in [6.07, 6.45) is 2.25. The first-order valence-electron chi connectivity index (χ1n) is 6.35. The molecule has 11 heteroatoms. The molecule has 2 aromatic rings. The second-order valence-electron chi connectivity index (χ2n) is 4.78. The molecule has 0 radical (unpaired) electrons. The predicted octanol–water partition coefficient (Wildman–Crippen LogP) is -4.13. The van der Waals surface area contributed by atoms with Crippen LogP contribution in [0.25, 0.3) is 0 Å². The smallest absolute Gasteiger partial charge is 1.00 e. The van der Waals surface area contributed by atoms with E-state index in [4.69, 9.17) is 5.63 Å². The molecule has 2 aromatic carbocycles. The first-order chi connectivity index (χ1) is 10.7. The number of halogens is 2. The summed E-state index contributed by atoms with van der Waals surface area (Å²) in [5, 5.41) is 0. The zero-order valence-corrected chi connectivity index (χ0v) is 18.7. The fraction of sp³-hybridized carbons (Fsp3) is 0.143. The Bertz CT molecular complexity index is 841. The van der Waals surface area contributed by atoms with Crippen LogP contribution in [0.15, 0.2) is 58.3 Å². The van der Waals surface area contributed by atoms with Crippen LogP contribution in [0.2, 0.25) is 0 Å². The molecule has 0 fully saturated rings. The van der Waals surface area contributed by atoms with Gasteiger partial charge in [-0.3, -0.25) is 0 Å². The molecule has 0 bridgehead atoms. The van der Waals surface area contributed by atoms with Crippen molar-refractivity contribution in [3.05, 3.63) is 48.5 Å². The van der Waals surface area contributed by atoms with E-state index in [-0.39, 0.29) is 34.6 Å². The quantitative estimate of drug-likeness (QED) is 0.398. The van der Waals surface area contributed by atoms with Crippen molar-refractivity contribution in [3.8, 4) is 11.5 Å². The van der Waals surface area contributed by atoms with Crippen LogP contribution in [-0.2, 0) is 43.8 Å². The molecule has 0 aliphatic carbocycles. The average molecular weight is 505 g/mol. The summed E-state index contributed by atoms with van der Waals surface area (Å²) in [6.45, 7) is 0. The molecule has 0 amide bonds. The standard InChI is InChI=1S/2C7H8O3S.2ClH.Zr/c2*1-11(9,10)7-4-2-3-6(8)5-7;;;/h2*2-5,8H,1H3;2*1H;/q;;;;+4/p-4. The van der Waals surface area contributed by atoms with Gasteiger partial charge in [-0.15, -0.1) is 0 Å². The maximum Gasteiger partial charge on any atom is -1.00 e. The summed E-state index contributed by atoms with van der Waals surface area (Å²) in [6, 6.07) is 12.3. The zero-order valence-electron chi connectivity index (χ0n) is 13.1. The minimum Gasteiger partial charge on any atom is -1.00 e. The molecule has 25 heavy (non-hydrogen) atoms. The second-order valence-corrected chi connectivity index (χ2v) is 10.2. The Morgan fingerprint density at radius 1 is 0.720 bits per heavy atom. The maximum absolute atomic E-state index is 11.5. The fourth-order valence-electron chi connectivity index (χ4n) is 1.65. The third-order valence-electron chi connectivity index (χ3n) is 2.79. The zero-order chi connectivity index (χ0) is 17.1. The summed E-state index contributed by atoms with van der Waals surface area (Å²) < 4.78 is 56.9. The Labute approximate surface area is 172 Å². The van der Waals surface area contributed by atoms with Crippen LogP contribution < -0.4 is 30.4 Å². The van der Waals surface area contributed by atoms with Crippen molar-refractivity contribution in [2.45, 2.75) is 9.79 Å². The van der Waals surface area contributed by atoms with Gasteiger partial charge in [0.15, 0.2) is 0 Å². The van der Waals surface area contributed by atoms with Crippen LogP contribution in [0.4, 0.5) is 0 Å². The molecule has 6 nitrogen and oxygen atoms in total. The van der Waals surface area contributed by atoms with E-state index in [0.717, 1.165) is 12.5 Å². The first-order valence-corrected chi connectivity index (χ1v) is 12.1. The third kappa shape index (κ3) is 7.66. The number of hydrogen-bond acceptors (Lipinski definition) is 6. The Balaban J connectivity index is 0.00000288. The van der Waals surface area contributed by atoms with Crippen LogP contribution in [0, 0.1) is 0 Å². The second kappa shape index (κ2) is 9.92. The van der Waals surface area contributed by atoms with E-state index in [0.29, 0.717) is 11.5 Å². The van der Waals surface area contributed by atoms with Gasteiger partial charge in [0.1, 0.15) is 0 Å². The van der Waals surface area contributed by atoms with Crippen LogP contribution in [0.3, 0.4) is 0 Å². The van der Waals surface area contributed by atoms with Gasteiger partial charge in [0, 0.05) is 0 Å². The van der Waals surface area contributed by atoms with Crippen LogP contribution in [-0.4, -0.2) is 29.3 Å². The topological polar surface area (TPSA) is 86.7 Å². The van der Waals surface area contributed by atoms with E-state index in [1.54, 1.807) is 24.3 Å². The Kier molecular flexibility index (Phi) is 9.69. The fourth-order valence-corrected chi connectivity index (χ4v) is 4.17. The SMILES string of the molecule is CS(=O)(=O)c1cccc([O][Zr+2][O]c2cccc(S(C)(=O)=O)c2)c1.[Cl-].[Cl-]. The Morgan fingerprint density at radius 3 is 1.40 bits per heavy atom. The van der Waals surface area contributed by atoms with Crippen molar-refractivity contribution < 1.29 is 71.4 Å². The number of benzene rings is 2. The normalized spacial score (nSPS) is 10.6. The van der Waals surface area contributed by atoms with Gasteiger partial charge in [0.2, 0.25) is 0 Å². The summed E-state index contributed by atoms with van der Waals surface area (Å²) in [5.41, 5.74) is 0. The summed E-state index contributed by atoms with van der Waals surface area (Å²) in [7, 11) is -6.59. The molecule has 0 aliphatic rings. The van der Waals surface area contributed by atoms with Crippen LogP contribution in [0.1, 0.15) is 0 Å². The van der Waals surface area contributed by atoms with Crippen molar-refractivity contribution in [1.82, 2.24) is 0 Å². The van der Waals surface area contributed by atoms with E-state index in [2.05, 4.69) is 0 Å². The van der Waals surface area contributed by atoms with Gasteiger partial charge in [-0.2, -0.15) is 0 Å². The first kappa shape index (κ1) is 24.4. The molecular formula is C14H14Cl2O6S2Zr. The predicted molar refractivity (Wildman–Crippen MR) is 80.4 cm³/mol. The average Bonchev–Trinajstić information content (AvgIpc) is 2.46. The van der Waals surface area contributed by atoms with Gasteiger partial charge in [0.05, 0.1) is 0 Å². The van der Waals surface area contributed by atoms with Gasteiger partial charge >= 0.3 is 149 Å². The Morgan fingerprint density at radius 2 is 1.08 bits per heavy atom.